The molecule has 1 aliphatic carbocycles. The van der Waals surface area contributed by atoms with Crippen molar-refractivity contribution < 1.29 is 0 Å². The van der Waals surface area contributed by atoms with Gasteiger partial charge in [-0.15, -0.1) is 0 Å². The Morgan fingerprint density at radius 2 is 0.803 bits per heavy atom. The van der Waals surface area contributed by atoms with Crippen molar-refractivity contribution in [2.75, 3.05) is 9.80 Å². The minimum absolute atomic E-state index is 0.129. The molecule has 1 atom stereocenters. The van der Waals surface area contributed by atoms with Crippen LogP contribution in [0.5, 0.6) is 0 Å². The molecule has 4 heteroatoms. The third kappa shape index (κ3) is 7.56. The summed E-state index contributed by atoms with van der Waals surface area (Å²) in [4.78, 5) is 4.64. The molecule has 0 heterocycles. The number of benzene rings is 11. The van der Waals surface area contributed by atoms with E-state index in [1.54, 1.807) is 0 Å². The number of nitrogens with zero attached hydrogens (tertiary/aromatic N) is 4. The van der Waals surface area contributed by atoms with Gasteiger partial charge in [0.2, 0.25) is 0 Å². The highest BCUT2D eigenvalue weighted by Crippen LogP contribution is 2.54. The number of anilines is 6. The van der Waals surface area contributed by atoms with Gasteiger partial charge in [-0.05, 0) is 134 Å². The molecule has 0 spiro atoms. The molecule has 12 rings (SSSR count). The second-order valence-corrected chi connectivity index (χ2v) is 18.3. The van der Waals surface area contributed by atoms with Crippen LogP contribution in [-0.2, 0) is 6.42 Å². The lowest BCUT2D eigenvalue weighted by atomic mass is 9.78. The molecule has 0 radical (unpaired) electrons. The van der Waals surface area contributed by atoms with Gasteiger partial charge < -0.3 is 9.80 Å². The molecule has 0 aliphatic heterocycles. The van der Waals surface area contributed by atoms with E-state index in [1.807, 2.05) is 72.8 Å². The van der Waals surface area contributed by atoms with E-state index in [9.17, 15) is 10.5 Å². The van der Waals surface area contributed by atoms with Gasteiger partial charge in [-0.3, -0.25) is 0 Å². The van der Waals surface area contributed by atoms with Crippen LogP contribution in [0.4, 0.5) is 34.1 Å². The third-order valence-corrected chi connectivity index (χ3v) is 14.1. The van der Waals surface area contributed by atoms with E-state index in [4.69, 9.17) is 0 Å². The van der Waals surface area contributed by atoms with Crippen molar-refractivity contribution in [1.82, 2.24) is 0 Å². The molecule has 11 aromatic rings. The minimum atomic E-state index is 0.129. The van der Waals surface area contributed by atoms with Crippen LogP contribution in [0.3, 0.4) is 0 Å². The Morgan fingerprint density at radius 3 is 1.27 bits per heavy atom. The predicted molar refractivity (Wildman–Crippen MR) is 294 cm³/mol. The lowest BCUT2D eigenvalue weighted by molar-refractivity contribution is 0.763. The van der Waals surface area contributed by atoms with Crippen LogP contribution >= 0.6 is 0 Å². The molecule has 0 saturated carbocycles. The molecule has 0 saturated heterocycles. The Kier molecular flexibility index (Phi) is 11.0. The Labute approximate surface area is 414 Å². The molecular formula is C67H46N4. The lowest BCUT2D eigenvalue weighted by Gasteiger charge is -2.35. The molecule has 4 nitrogen and oxygen atoms in total. The highest BCUT2D eigenvalue weighted by atomic mass is 15.2. The first-order valence-corrected chi connectivity index (χ1v) is 24.2. The second kappa shape index (κ2) is 18.2. The Balaban J connectivity index is 1.14. The Hall–Kier alpha value is -9.48. The van der Waals surface area contributed by atoms with Gasteiger partial charge in [-0.25, -0.2) is 0 Å². The molecule has 1 aliphatic rings. The fourth-order valence-corrected chi connectivity index (χ4v) is 10.9. The van der Waals surface area contributed by atoms with E-state index < -0.39 is 0 Å². The van der Waals surface area contributed by atoms with Crippen molar-refractivity contribution in [2.45, 2.75) is 19.3 Å². The van der Waals surface area contributed by atoms with Gasteiger partial charge in [0.25, 0.3) is 0 Å². The first-order chi connectivity index (χ1) is 35.1. The van der Waals surface area contributed by atoms with E-state index in [0.29, 0.717) is 11.1 Å². The minimum Gasteiger partial charge on any atom is -0.308 e. The van der Waals surface area contributed by atoms with Gasteiger partial charge in [0.15, 0.2) is 0 Å². The van der Waals surface area contributed by atoms with E-state index in [-0.39, 0.29) is 5.92 Å². The van der Waals surface area contributed by atoms with Crippen LogP contribution < -0.4 is 9.80 Å². The normalized spacial score (nSPS) is 12.6. The maximum absolute atomic E-state index is 11.3. The van der Waals surface area contributed by atoms with Crippen molar-refractivity contribution in [2.24, 2.45) is 0 Å². The number of rotatable bonds is 10. The van der Waals surface area contributed by atoms with Gasteiger partial charge in [0.05, 0.1) is 33.9 Å². The van der Waals surface area contributed by atoms with Gasteiger partial charge in [0.1, 0.15) is 12.1 Å². The molecule has 334 valence electrons. The molecule has 1 unspecified atom stereocenters. The molecule has 11 aromatic carbocycles. The molecule has 0 aromatic heterocycles. The summed E-state index contributed by atoms with van der Waals surface area (Å²) in [6.45, 7) is 2.34. The van der Waals surface area contributed by atoms with Gasteiger partial charge in [-0.2, -0.15) is 10.5 Å². The molecule has 0 bridgehead atoms. The highest BCUT2D eigenvalue weighted by Gasteiger charge is 2.32. The molecule has 0 N–H and O–H groups in total. The Bertz CT molecular complexity index is 3860. The van der Waals surface area contributed by atoms with Crippen molar-refractivity contribution in [1.29, 1.82) is 10.5 Å². The summed E-state index contributed by atoms with van der Waals surface area (Å²) in [5, 5.41) is 27.2. The summed E-state index contributed by atoms with van der Waals surface area (Å²) in [5.41, 5.74) is 17.4. The summed E-state index contributed by atoms with van der Waals surface area (Å²) < 4.78 is 0. The van der Waals surface area contributed by atoms with Crippen molar-refractivity contribution in [3.05, 3.63) is 265 Å². The summed E-state index contributed by atoms with van der Waals surface area (Å²) in [5.74, 6) is 0.129. The summed E-state index contributed by atoms with van der Waals surface area (Å²) in [7, 11) is 0. The zero-order valence-electron chi connectivity index (χ0n) is 39.2. The summed E-state index contributed by atoms with van der Waals surface area (Å²) in [6, 6.07) is 90.0. The number of para-hydroxylation sites is 2. The average molecular weight is 907 g/mol. The maximum atomic E-state index is 11.3. The average Bonchev–Trinajstić information content (AvgIpc) is 3.44. The number of hydrogen-bond donors (Lipinski definition) is 0. The first-order valence-electron chi connectivity index (χ1n) is 24.2. The monoisotopic (exact) mass is 906 g/mol. The number of hydrogen-bond acceptors (Lipinski definition) is 4. The predicted octanol–water partition coefficient (Wildman–Crippen LogP) is 18.0. The van der Waals surface area contributed by atoms with Crippen LogP contribution in [-0.4, -0.2) is 0 Å². The topological polar surface area (TPSA) is 54.1 Å². The highest BCUT2D eigenvalue weighted by molar-refractivity contribution is 6.18. The van der Waals surface area contributed by atoms with Crippen molar-refractivity contribution in [3.8, 4) is 56.6 Å². The van der Waals surface area contributed by atoms with Crippen LogP contribution in [0.1, 0.15) is 35.1 Å². The first kappa shape index (κ1) is 42.8. The van der Waals surface area contributed by atoms with E-state index in [2.05, 4.69) is 199 Å². The molecule has 71 heavy (non-hydrogen) atoms. The van der Waals surface area contributed by atoms with Crippen LogP contribution in [0.2, 0.25) is 0 Å². The van der Waals surface area contributed by atoms with Crippen LogP contribution in [0.25, 0.3) is 66.1 Å². The van der Waals surface area contributed by atoms with Gasteiger partial charge in [0, 0.05) is 27.9 Å². The molecular weight excluding hydrogens is 861 g/mol. The van der Waals surface area contributed by atoms with E-state index >= 15 is 0 Å². The van der Waals surface area contributed by atoms with Gasteiger partial charge >= 0.3 is 0 Å². The fraction of sp³-hybridized carbons (Fsp3) is 0.0448. The fourth-order valence-electron chi connectivity index (χ4n) is 10.9. The lowest BCUT2D eigenvalue weighted by Crippen LogP contribution is -2.18. The SMILES string of the molecule is CC1Cc2ccc(N(c3ccccc3)c3c(C#N)cc(-c4ccccc4)cc3-c3ccccc3)c3ccc4ccc(N(c5ccccc5)c5c(C#N)cc(-c6ccccc6)cc5-c5ccccc5)c1c4c23. The number of nitriles is 2. The standard InChI is InChI=1S/C67H46N4/c1-45-38-51-34-36-61(70(56-28-16-6-17-29-56)66-54(43-68)39-52(46-20-8-2-9-21-46)41-59(66)48-24-12-4-13-25-48)58-35-32-50-33-37-62(63(45)65(50)64(51)58)71(57-30-18-7-19-31-57)67-55(44-69)40-53(47-22-10-3-11-23-47)42-60(67)49-26-14-5-15-27-49/h2-37,39-42,45H,38H2,1H3. The summed E-state index contributed by atoms with van der Waals surface area (Å²) >= 11 is 0. The van der Waals surface area contributed by atoms with Crippen molar-refractivity contribution >= 4 is 55.7 Å². The quantitative estimate of drug-likeness (QED) is 0.128. The van der Waals surface area contributed by atoms with Crippen molar-refractivity contribution in [3.63, 3.8) is 0 Å². The Morgan fingerprint density at radius 1 is 0.394 bits per heavy atom. The second-order valence-electron chi connectivity index (χ2n) is 18.3. The zero-order valence-corrected chi connectivity index (χ0v) is 39.2. The molecule has 0 amide bonds. The van der Waals surface area contributed by atoms with E-state index in [0.717, 1.165) is 95.8 Å². The van der Waals surface area contributed by atoms with Crippen LogP contribution in [0, 0.1) is 22.7 Å². The third-order valence-electron chi connectivity index (χ3n) is 14.1. The summed E-state index contributed by atoms with van der Waals surface area (Å²) in [6.07, 6.45) is 0.821. The van der Waals surface area contributed by atoms with Gasteiger partial charge in [-0.1, -0.05) is 189 Å². The maximum Gasteiger partial charge on any atom is 0.101 e. The zero-order chi connectivity index (χ0) is 47.8. The van der Waals surface area contributed by atoms with Crippen LogP contribution in [0.15, 0.2) is 243 Å². The largest absolute Gasteiger partial charge is 0.308 e. The smallest absolute Gasteiger partial charge is 0.101 e. The van der Waals surface area contributed by atoms with E-state index in [1.165, 1.54) is 21.9 Å². The molecule has 0 fully saturated rings.